The van der Waals surface area contributed by atoms with Gasteiger partial charge in [-0.1, -0.05) is 19.6 Å². The molecule has 0 amide bonds. The number of hydrogen-bond acceptors (Lipinski definition) is 0. The lowest BCUT2D eigenvalue weighted by atomic mass is 9.40. The predicted octanol–water partition coefficient (Wildman–Crippen LogP) is 5.70. The Morgan fingerprint density at radius 3 is 1.72 bits per heavy atom. The van der Waals surface area contributed by atoms with Crippen LogP contribution in [0.3, 0.4) is 0 Å². The molecule has 9 heteroatoms. The second kappa shape index (κ2) is 4.76. The van der Waals surface area contributed by atoms with Crippen LogP contribution in [-0.4, -0.2) is 36.3 Å². The molecule has 0 aromatic rings. The number of hydrogen-bond donors (Lipinski definition) is 0. The summed E-state index contributed by atoms with van der Waals surface area (Å²) in [5, 5.41) is 0. The van der Waals surface area contributed by atoms with Crippen molar-refractivity contribution in [2.75, 3.05) is 6.67 Å². The SMILES string of the molecule is C=CC1(F)C(F)C2(C=C)CC(C)(CF)C(F)(F)C(C)(C1(F)F)C2(F)F. The second-order valence-corrected chi connectivity index (χ2v) is 7.30. The zero-order chi connectivity index (χ0) is 19.9. The van der Waals surface area contributed by atoms with Gasteiger partial charge in [-0.2, -0.15) is 0 Å². The third-order valence-corrected chi connectivity index (χ3v) is 6.17. The second-order valence-electron chi connectivity index (χ2n) is 7.30. The molecule has 0 N–H and O–H groups in total. The van der Waals surface area contributed by atoms with E-state index in [0.717, 1.165) is 0 Å². The fraction of sp³-hybridized carbons (Fsp3) is 0.750. The topological polar surface area (TPSA) is 0 Å². The Morgan fingerprint density at radius 2 is 1.36 bits per heavy atom. The molecule has 2 aliphatic carbocycles. The summed E-state index contributed by atoms with van der Waals surface area (Å²) in [6, 6.07) is 0. The van der Waals surface area contributed by atoms with Crippen LogP contribution in [0.15, 0.2) is 25.3 Å². The van der Waals surface area contributed by atoms with Gasteiger partial charge in [0.1, 0.15) is 6.67 Å². The molecule has 144 valence electrons. The van der Waals surface area contributed by atoms with Crippen LogP contribution in [0.5, 0.6) is 0 Å². The predicted molar refractivity (Wildman–Crippen MR) is 73.2 cm³/mol. The summed E-state index contributed by atoms with van der Waals surface area (Å²) < 4.78 is 132. The van der Waals surface area contributed by atoms with Crippen LogP contribution in [0, 0.1) is 16.2 Å². The average Bonchev–Trinajstić information content (AvgIpc) is 2.54. The van der Waals surface area contributed by atoms with E-state index in [0.29, 0.717) is 6.92 Å². The van der Waals surface area contributed by atoms with E-state index < -0.39 is 58.9 Å². The van der Waals surface area contributed by atoms with Crippen molar-refractivity contribution in [2.45, 2.75) is 49.9 Å². The molecule has 2 fully saturated rings. The van der Waals surface area contributed by atoms with Crippen LogP contribution in [0.4, 0.5) is 39.5 Å². The third kappa shape index (κ3) is 1.56. The van der Waals surface area contributed by atoms with Crippen molar-refractivity contribution in [3.63, 3.8) is 0 Å². The first-order valence-corrected chi connectivity index (χ1v) is 7.34. The molecule has 2 saturated carbocycles. The lowest BCUT2D eigenvalue weighted by molar-refractivity contribution is -0.453. The first-order chi connectivity index (χ1) is 11.0. The molecule has 0 aliphatic heterocycles. The molecule has 0 spiro atoms. The molecule has 5 unspecified atom stereocenters. The summed E-state index contributed by atoms with van der Waals surface area (Å²) in [7, 11) is 0. The molecule has 2 aliphatic rings. The van der Waals surface area contributed by atoms with E-state index in [4.69, 9.17) is 0 Å². The molecule has 2 rings (SSSR count). The van der Waals surface area contributed by atoms with Crippen LogP contribution in [-0.2, 0) is 0 Å². The van der Waals surface area contributed by atoms with E-state index in [-0.39, 0.29) is 19.1 Å². The van der Waals surface area contributed by atoms with Gasteiger partial charge < -0.3 is 0 Å². The molecule has 2 bridgehead atoms. The first-order valence-electron chi connectivity index (χ1n) is 7.34. The summed E-state index contributed by atoms with van der Waals surface area (Å²) in [6.45, 7) is 3.86. The molecule has 0 nitrogen and oxygen atoms in total. The van der Waals surface area contributed by atoms with Crippen LogP contribution in [0.25, 0.3) is 0 Å². The van der Waals surface area contributed by atoms with Crippen molar-refractivity contribution >= 4 is 0 Å². The molecular formula is C16H17F9. The van der Waals surface area contributed by atoms with Crippen LogP contribution in [0.2, 0.25) is 0 Å². The summed E-state index contributed by atoms with van der Waals surface area (Å²) in [6.07, 6.45) is -5.40. The summed E-state index contributed by atoms with van der Waals surface area (Å²) in [5.41, 5.74) is -15.8. The lowest BCUT2D eigenvalue weighted by Crippen LogP contribution is -2.86. The van der Waals surface area contributed by atoms with Gasteiger partial charge in [0.2, 0.25) is 5.67 Å². The fourth-order valence-electron chi connectivity index (χ4n) is 4.36. The van der Waals surface area contributed by atoms with Crippen molar-refractivity contribution in [3.05, 3.63) is 25.3 Å². The lowest BCUT2D eigenvalue weighted by Gasteiger charge is -2.68. The normalized spacial score (nSPS) is 50.1. The number of alkyl halides is 9. The maximum Gasteiger partial charge on any atom is 0.304 e. The van der Waals surface area contributed by atoms with Crippen molar-refractivity contribution in [3.8, 4) is 0 Å². The van der Waals surface area contributed by atoms with Gasteiger partial charge in [-0.15, -0.1) is 6.58 Å². The van der Waals surface area contributed by atoms with Gasteiger partial charge in [0.25, 0.3) is 11.8 Å². The number of halogens is 9. The number of rotatable bonds is 3. The zero-order valence-electron chi connectivity index (χ0n) is 13.5. The van der Waals surface area contributed by atoms with Crippen LogP contribution < -0.4 is 0 Å². The first kappa shape index (κ1) is 20.2. The van der Waals surface area contributed by atoms with E-state index in [2.05, 4.69) is 13.2 Å². The van der Waals surface area contributed by atoms with Crippen LogP contribution in [0.1, 0.15) is 20.3 Å². The third-order valence-electron chi connectivity index (χ3n) is 6.17. The van der Waals surface area contributed by atoms with Crippen molar-refractivity contribution in [1.29, 1.82) is 0 Å². The van der Waals surface area contributed by atoms with E-state index in [1.165, 1.54) is 0 Å². The molecule has 25 heavy (non-hydrogen) atoms. The maximum atomic E-state index is 15.0. The molecule has 5 atom stereocenters. The summed E-state index contributed by atoms with van der Waals surface area (Å²) in [5.74, 6) is -15.8. The molecule has 0 radical (unpaired) electrons. The largest absolute Gasteiger partial charge is 0.304 e. The summed E-state index contributed by atoms with van der Waals surface area (Å²) in [4.78, 5) is 0. The highest BCUT2D eigenvalue weighted by atomic mass is 19.3. The standard InChI is InChI=1S/C16H17F9/c1-5-12-7-10(3,8-17)14(20,21)11(4,15(12,22)23)16(24,25)13(19,6-2)9(12)18/h5-6,9H,1-2,7-8H2,3-4H3. The van der Waals surface area contributed by atoms with E-state index in [1.807, 2.05) is 0 Å². The van der Waals surface area contributed by atoms with Gasteiger partial charge in [-0.25, -0.2) is 35.1 Å². The highest BCUT2D eigenvalue weighted by Gasteiger charge is 2.96. The summed E-state index contributed by atoms with van der Waals surface area (Å²) >= 11 is 0. The Kier molecular flexibility index (Phi) is 3.84. The highest BCUT2D eigenvalue weighted by Crippen LogP contribution is 2.80. The van der Waals surface area contributed by atoms with Crippen LogP contribution >= 0.6 is 0 Å². The minimum atomic E-state index is -5.59. The van der Waals surface area contributed by atoms with E-state index >= 15 is 0 Å². The van der Waals surface area contributed by atoms with Crippen molar-refractivity contribution in [1.82, 2.24) is 0 Å². The number of allylic oxidation sites excluding steroid dienone is 2. The van der Waals surface area contributed by atoms with Gasteiger partial charge in [0.15, 0.2) is 11.6 Å². The highest BCUT2D eigenvalue weighted by molar-refractivity contribution is 5.38. The Labute approximate surface area is 138 Å². The van der Waals surface area contributed by atoms with Crippen molar-refractivity contribution in [2.24, 2.45) is 16.2 Å². The van der Waals surface area contributed by atoms with Crippen molar-refractivity contribution < 1.29 is 39.5 Å². The number of fused-ring (bicyclic) bond motifs is 2. The zero-order valence-corrected chi connectivity index (χ0v) is 13.5. The van der Waals surface area contributed by atoms with Gasteiger partial charge >= 0.3 is 5.92 Å². The Bertz CT molecular complexity index is 605. The Balaban J connectivity index is 3.06. The molecule has 0 saturated heterocycles. The maximum absolute atomic E-state index is 15.0. The average molecular weight is 380 g/mol. The molecule has 0 heterocycles. The Hall–Kier alpha value is -1.15. The molecule has 0 aromatic carbocycles. The quantitative estimate of drug-likeness (QED) is 0.436. The minimum absolute atomic E-state index is 0.145. The van der Waals surface area contributed by atoms with E-state index in [9.17, 15) is 39.5 Å². The van der Waals surface area contributed by atoms with E-state index in [1.54, 1.807) is 0 Å². The van der Waals surface area contributed by atoms with Gasteiger partial charge in [0, 0.05) is 0 Å². The van der Waals surface area contributed by atoms with Gasteiger partial charge in [-0.05, 0) is 19.4 Å². The van der Waals surface area contributed by atoms with Gasteiger partial charge in [0.05, 0.1) is 10.8 Å². The van der Waals surface area contributed by atoms with Gasteiger partial charge in [-0.3, -0.25) is 4.39 Å². The fourth-order valence-corrected chi connectivity index (χ4v) is 4.36. The smallest absolute Gasteiger partial charge is 0.250 e. The minimum Gasteiger partial charge on any atom is -0.250 e. The monoisotopic (exact) mass is 380 g/mol. The molecule has 0 aromatic heterocycles. The molecular weight excluding hydrogens is 363 g/mol. The Morgan fingerprint density at radius 1 is 0.880 bits per heavy atom.